The number of nitrogens with zero attached hydrogens (tertiary/aromatic N) is 1. The van der Waals surface area contributed by atoms with E-state index < -0.39 is 30.9 Å². The van der Waals surface area contributed by atoms with Gasteiger partial charge < -0.3 is 41.3 Å². The minimum atomic E-state index is -1.26. The fraction of sp³-hybridized carbons (Fsp3) is 0.231. The molecule has 2 atom stereocenters. The number of nitrogens with one attached hydrogen (secondary N) is 2. The maximum absolute atomic E-state index is 12.2. The monoisotopic (exact) mass is 494 g/mol. The molecule has 190 valence electrons. The summed E-state index contributed by atoms with van der Waals surface area (Å²) in [5.74, 6) is 0.563. The molecule has 0 aliphatic carbocycles. The predicted molar refractivity (Wildman–Crippen MR) is 137 cm³/mol. The van der Waals surface area contributed by atoms with Gasteiger partial charge in [-0.1, -0.05) is 30.3 Å². The van der Waals surface area contributed by atoms with E-state index in [9.17, 15) is 24.9 Å². The molecule has 0 aliphatic heterocycles. The Morgan fingerprint density at radius 1 is 0.917 bits per heavy atom. The number of amides is 3. The highest BCUT2D eigenvalue weighted by Gasteiger charge is 2.26. The number of aliphatic hydroxyl groups excluding tert-OH is 2. The third-order valence-electron chi connectivity index (χ3n) is 5.34. The summed E-state index contributed by atoms with van der Waals surface area (Å²) in [6.07, 6.45) is -2.13. The number of hydrogen-bond acceptors (Lipinski definition) is 6. The largest absolute Gasteiger partial charge is 0.491 e. The van der Waals surface area contributed by atoms with Crippen molar-refractivity contribution in [3.63, 3.8) is 0 Å². The quantitative estimate of drug-likeness (QED) is 0.223. The van der Waals surface area contributed by atoms with Crippen molar-refractivity contribution in [2.75, 3.05) is 36.1 Å². The molecule has 10 heteroatoms. The third kappa shape index (κ3) is 8.19. The molecule has 0 saturated carbocycles. The lowest BCUT2D eigenvalue weighted by Crippen LogP contribution is -2.48. The van der Waals surface area contributed by atoms with Gasteiger partial charge in [0.25, 0.3) is 0 Å². The summed E-state index contributed by atoms with van der Waals surface area (Å²) in [6, 6.07) is 21.2. The van der Waals surface area contributed by atoms with Gasteiger partial charge in [0.15, 0.2) is 0 Å². The molecule has 0 fully saturated rings. The van der Waals surface area contributed by atoms with Crippen molar-refractivity contribution in [3.8, 4) is 5.75 Å². The van der Waals surface area contributed by atoms with Crippen molar-refractivity contribution < 1.29 is 29.6 Å². The first kappa shape index (κ1) is 26.3. The number of ether oxygens (including phenoxy) is 1. The van der Waals surface area contributed by atoms with Crippen LogP contribution in [-0.2, 0) is 6.42 Å². The van der Waals surface area contributed by atoms with Crippen molar-refractivity contribution in [2.24, 2.45) is 0 Å². The Hall–Kier alpha value is -4.28. The number of hydrogen-bond donors (Lipinski definition) is 6. The molecule has 7 N–H and O–H groups in total. The molecule has 0 spiro atoms. The Kier molecular flexibility index (Phi) is 9.49. The Morgan fingerprint density at radius 3 is 2.06 bits per heavy atom. The van der Waals surface area contributed by atoms with Gasteiger partial charge in [-0.15, -0.1) is 0 Å². The summed E-state index contributed by atoms with van der Waals surface area (Å²) >= 11 is 0. The SMILES string of the molecule is Nc1ccc(NC(=O)Nc2ccc(C[C@@H](CO)N(C[C@H](O)COc3ccccc3)C(=O)O)cc2)cc1. The highest BCUT2D eigenvalue weighted by Crippen LogP contribution is 2.16. The molecule has 0 heterocycles. The first-order chi connectivity index (χ1) is 17.3. The van der Waals surface area contributed by atoms with Crippen LogP contribution in [0.15, 0.2) is 78.9 Å². The van der Waals surface area contributed by atoms with Crippen LogP contribution in [0.2, 0.25) is 0 Å². The fourth-order valence-electron chi connectivity index (χ4n) is 3.50. The van der Waals surface area contributed by atoms with E-state index >= 15 is 0 Å². The number of nitrogen functional groups attached to an aromatic ring is 1. The lowest BCUT2D eigenvalue weighted by molar-refractivity contribution is 0.0388. The van der Waals surface area contributed by atoms with E-state index in [4.69, 9.17) is 10.5 Å². The topological polar surface area (TPSA) is 157 Å². The summed E-state index contributed by atoms with van der Waals surface area (Å²) in [4.78, 5) is 25.0. The number of carboxylic acid groups (broad SMARTS) is 1. The lowest BCUT2D eigenvalue weighted by atomic mass is 10.0. The number of carbonyl (C=O) groups is 2. The zero-order valence-corrected chi connectivity index (χ0v) is 19.6. The van der Waals surface area contributed by atoms with Crippen LogP contribution in [0.25, 0.3) is 0 Å². The summed E-state index contributed by atoms with van der Waals surface area (Å²) in [5.41, 5.74) is 8.11. The number of anilines is 3. The van der Waals surface area contributed by atoms with E-state index in [1.807, 2.05) is 6.07 Å². The smallest absolute Gasteiger partial charge is 0.407 e. The zero-order chi connectivity index (χ0) is 25.9. The van der Waals surface area contributed by atoms with Crippen molar-refractivity contribution in [2.45, 2.75) is 18.6 Å². The minimum absolute atomic E-state index is 0.0925. The van der Waals surface area contributed by atoms with E-state index in [-0.39, 0.29) is 19.6 Å². The number of urea groups is 1. The molecule has 0 aromatic heterocycles. The molecule has 0 saturated heterocycles. The van der Waals surface area contributed by atoms with Crippen molar-refractivity contribution in [1.82, 2.24) is 4.90 Å². The van der Waals surface area contributed by atoms with Gasteiger partial charge in [0.2, 0.25) is 0 Å². The Bertz CT molecular complexity index is 1110. The second kappa shape index (κ2) is 13.0. The number of nitrogens with two attached hydrogens (primary N) is 1. The van der Waals surface area contributed by atoms with Crippen LogP contribution in [-0.4, -0.2) is 64.2 Å². The number of carbonyl (C=O) groups excluding carboxylic acids is 1. The van der Waals surface area contributed by atoms with Crippen LogP contribution < -0.4 is 21.1 Å². The molecule has 3 rings (SSSR count). The van der Waals surface area contributed by atoms with Gasteiger partial charge in [0.1, 0.15) is 18.5 Å². The van der Waals surface area contributed by atoms with Crippen molar-refractivity contribution >= 4 is 29.2 Å². The van der Waals surface area contributed by atoms with Gasteiger partial charge in [0, 0.05) is 17.1 Å². The molecule has 0 bridgehead atoms. The van der Waals surface area contributed by atoms with Gasteiger partial charge >= 0.3 is 12.1 Å². The van der Waals surface area contributed by atoms with Gasteiger partial charge in [0.05, 0.1) is 19.2 Å². The van der Waals surface area contributed by atoms with E-state index in [0.29, 0.717) is 22.8 Å². The molecule has 3 aromatic rings. The van der Waals surface area contributed by atoms with Crippen molar-refractivity contribution in [1.29, 1.82) is 0 Å². The highest BCUT2D eigenvalue weighted by molar-refractivity contribution is 5.99. The third-order valence-corrected chi connectivity index (χ3v) is 5.34. The maximum Gasteiger partial charge on any atom is 0.407 e. The van der Waals surface area contributed by atoms with Crippen LogP contribution in [0.1, 0.15) is 5.56 Å². The van der Waals surface area contributed by atoms with Gasteiger partial charge in [-0.3, -0.25) is 0 Å². The number of aliphatic hydroxyl groups is 2. The summed E-state index contributed by atoms with van der Waals surface area (Å²) < 4.78 is 5.49. The Morgan fingerprint density at radius 2 is 1.50 bits per heavy atom. The fourth-order valence-corrected chi connectivity index (χ4v) is 3.50. The number of rotatable bonds is 11. The molecular formula is C26H30N4O6. The lowest BCUT2D eigenvalue weighted by Gasteiger charge is -2.30. The molecular weight excluding hydrogens is 464 g/mol. The number of para-hydroxylation sites is 1. The van der Waals surface area contributed by atoms with E-state index in [0.717, 1.165) is 10.5 Å². The number of benzene rings is 3. The van der Waals surface area contributed by atoms with Gasteiger partial charge in [-0.05, 0) is 60.5 Å². The van der Waals surface area contributed by atoms with Crippen LogP contribution in [0.3, 0.4) is 0 Å². The first-order valence-corrected chi connectivity index (χ1v) is 11.3. The van der Waals surface area contributed by atoms with Gasteiger partial charge in [-0.25, -0.2) is 9.59 Å². The highest BCUT2D eigenvalue weighted by atomic mass is 16.5. The molecule has 0 aliphatic rings. The standard InChI is InChI=1S/C26H30N4O6/c27-19-8-12-21(13-9-19)29-25(33)28-20-10-6-18(7-11-20)14-22(16-31)30(26(34)35)15-23(32)17-36-24-4-2-1-3-5-24/h1-13,22-23,31-32H,14-17,27H2,(H,34,35)(H2,28,29,33)/t22-,23-/m0/s1. The predicted octanol–water partition coefficient (Wildman–Crippen LogP) is 3.24. The minimum Gasteiger partial charge on any atom is -0.491 e. The molecule has 10 nitrogen and oxygen atoms in total. The summed E-state index contributed by atoms with van der Waals surface area (Å²) in [6.45, 7) is -0.744. The van der Waals surface area contributed by atoms with Crippen molar-refractivity contribution in [3.05, 3.63) is 84.4 Å². The average molecular weight is 495 g/mol. The normalized spacial score (nSPS) is 12.3. The molecule has 36 heavy (non-hydrogen) atoms. The second-order valence-corrected chi connectivity index (χ2v) is 8.15. The molecule has 0 radical (unpaired) electrons. The van der Waals surface area contributed by atoms with E-state index in [1.165, 1.54) is 0 Å². The van der Waals surface area contributed by atoms with Gasteiger partial charge in [-0.2, -0.15) is 0 Å². The maximum atomic E-state index is 12.2. The van der Waals surface area contributed by atoms with Crippen LogP contribution in [0.5, 0.6) is 5.75 Å². The Labute approximate surface area is 208 Å². The van der Waals surface area contributed by atoms with Crippen LogP contribution in [0.4, 0.5) is 26.7 Å². The first-order valence-electron chi connectivity index (χ1n) is 11.3. The average Bonchev–Trinajstić information content (AvgIpc) is 2.87. The molecule has 3 aromatic carbocycles. The van der Waals surface area contributed by atoms with E-state index in [1.54, 1.807) is 72.8 Å². The summed E-state index contributed by atoms with van der Waals surface area (Å²) in [7, 11) is 0. The van der Waals surface area contributed by atoms with Crippen LogP contribution in [0, 0.1) is 0 Å². The zero-order valence-electron chi connectivity index (χ0n) is 19.6. The second-order valence-electron chi connectivity index (χ2n) is 8.15. The van der Waals surface area contributed by atoms with Crippen LogP contribution >= 0.6 is 0 Å². The molecule has 3 amide bonds. The molecule has 0 unspecified atom stereocenters. The van der Waals surface area contributed by atoms with E-state index in [2.05, 4.69) is 10.6 Å². The Balaban J connectivity index is 1.54. The summed E-state index contributed by atoms with van der Waals surface area (Å²) in [5, 5.41) is 35.3.